The molecule has 0 saturated carbocycles. The topological polar surface area (TPSA) is 12.0 Å². The normalized spacial score (nSPS) is 10.1. The molecule has 0 bridgehead atoms. The average molecular weight is 220 g/mol. The zero-order valence-electron chi connectivity index (χ0n) is 7.31. The summed E-state index contributed by atoms with van der Waals surface area (Å²) in [4.78, 5) is 0. The van der Waals surface area contributed by atoms with Gasteiger partial charge in [0, 0.05) is 12.3 Å². The van der Waals surface area contributed by atoms with Crippen molar-refractivity contribution in [2.24, 2.45) is 0 Å². The smallest absolute Gasteiger partial charge is 0.143 e. The molecule has 0 fully saturated rings. The largest absolute Gasteiger partial charge is 0.383 e. The Morgan fingerprint density at radius 2 is 2.31 bits per heavy atom. The molecule has 0 spiro atoms. The van der Waals surface area contributed by atoms with Crippen LogP contribution < -0.4 is 5.32 Å². The number of halogens is 2. The van der Waals surface area contributed by atoms with E-state index in [1.165, 1.54) is 6.07 Å². The maximum Gasteiger partial charge on any atom is 0.143 e. The number of benzene rings is 1. The molecule has 1 N–H and O–H groups in total. The molecule has 1 rings (SSSR count). The van der Waals surface area contributed by atoms with E-state index in [0.29, 0.717) is 5.69 Å². The molecule has 0 aliphatic carbocycles. The van der Waals surface area contributed by atoms with Gasteiger partial charge in [-0.05, 0) is 18.4 Å². The highest BCUT2D eigenvalue weighted by Gasteiger charge is 2.03. The number of rotatable bonds is 4. The molecule has 0 amide bonds. The van der Waals surface area contributed by atoms with Gasteiger partial charge in [-0.2, -0.15) is 11.8 Å². The van der Waals surface area contributed by atoms with Gasteiger partial charge in [0.05, 0.1) is 10.7 Å². The summed E-state index contributed by atoms with van der Waals surface area (Å²) in [6.45, 7) is 0.796. The van der Waals surface area contributed by atoms with Crippen LogP contribution in [-0.4, -0.2) is 18.6 Å². The highest BCUT2D eigenvalue weighted by atomic mass is 35.5. The molecule has 0 saturated heterocycles. The molecular formula is C9H11ClFNS. The fourth-order valence-corrected chi connectivity index (χ4v) is 1.43. The Hall–Kier alpha value is -0.410. The summed E-state index contributed by atoms with van der Waals surface area (Å²) in [7, 11) is 0. The van der Waals surface area contributed by atoms with E-state index >= 15 is 0 Å². The van der Waals surface area contributed by atoms with E-state index in [1.54, 1.807) is 23.9 Å². The molecule has 0 aliphatic heterocycles. The van der Waals surface area contributed by atoms with Crippen LogP contribution in [-0.2, 0) is 0 Å². The lowest BCUT2D eigenvalue weighted by molar-refractivity contribution is 0.628. The highest BCUT2D eigenvalue weighted by molar-refractivity contribution is 7.98. The Labute approximate surface area is 86.7 Å². The zero-order chi connectivity index (χ0) is 9.68. The van der Waals surface area contributed by atoms with Gasteiger partial charge in [-0.3, -0.25) is 0 Å². The van der Waals surface area contributed by atoms with Crippen LogP contribution in [0.5, 0.6) is 0 Å². The van der Waals surface area contributed by atoms with Crippen LogP contribution >= 0.6 is 23.4 Å². The minimum atomic E-state index is -0.379. The van der Waals surface area contributed by atoms with E-state index in [0.717, 1.165) is 12.3 Å². The van der Waals surface area contributed by atoms with Crippen molar-refractivity contribution < 1.29 is 4.39 Å². The third kappa shape index (κ3) is 3.08. The molecule has 0 aromatic heterocycles. The minimum Gasteiger partial charge on any atom is -0.383 e. The van der Waals surface area contributed by atoms with Gasteiger partial charge in [0.15, 0.2) is 0 Å². The Morgan fingerprint density at radius 3 is 3.00 bits per heavy atom. The fourth-order valence-electron chi connectivity index (χ4n) is 0.928. The number of hydrogen-bond donors (Lipinski definition) is 1. The van der Waals surface area contributed by atoms with Crippen molar-refractivity contribution in [3.05, 3.63) is 29.0 Å². The van der Waals surface area contributed by atoms with Gasteiger partial charge < -0.3 is 5.32 Å². The predicted octanol–water partition coefficient (Wildman–Crippen LogP) is 3.25. The molecule has 4 heteroatoms. The van der Waals surface area contributed by atoms with E-state index in [4.69, 9.17) is 11.6 Å². The predicted molar refractivity (Wildman–Crippen MR) is 58.3 cm³/mol. The van der Waals surface area contributed by atoms with Gasteiger partial charge in [-0.25, -0.2) is 4.39 Å². The first-order chi connectivity index (χ1) is 6.25. The molecule has 0 atom stereocenters. The number of nitrogens with one attached hydrogen (secondary N) is 1. The quantitative estimate of drug-likeness (QED) is 0.781. The molecule has 0 unspecified atom stereocenters. The zero-order valence-corrected chi connectivity index (χ0v) is 8.88. The molecule has 1 aromatic rings. The van der Waals surface area contributed by atoms with Crippen LogP contribution in [0, 0.1) is 5.82 Å². The second-order valence-electron chi connectivity index (χ2n) is 2.52. The summed E-state index contributed by atoms with van der Waals surface area (Å²) in [5.74, 6) is 0.600. The lowest BCUT2D eigenvalue weighted by Gasteiger charge is -2.07. The van der Waals surface area contributed by atoms with Gasteiger partial charge in [-0.15, -0.1) is 0 Å². The maximum absolute atomic E-state index is 12.9. The van der Waals surface area contributed by atoms with Crippen molar-refractivity contribution in [1.29, 1.82) is 0 Å². The summed E-state index contributed by atoms with van der Waals surface area (Å²) in [6.07, 6.45) is 2.02. The van der Waals surface area contributed by atoms with Crippen LogP contribution in [0.25, 0.3) is 0 Å². The first-order valence-corrected chi connectivity index (χ1v) is 5.69. The van der Waals surface area contributed by atoms with Crippen molar-refractivity contribution in [2.45, 2.75) is 0 Å². The molecule has 1 nitrogen and oxygen atoms in total. The van der Waals surface area contributed by atoms with Crippen molar-refractivity contribution in [2.75, 3.05) is 23.9 Å². The Morgan fingerprint density at radius 1 is 1.54 bits per heavy atom. The first-order valence-electron chi connectivity index (χ1n) is 3.92. The third-order valence-corrected chi connectivity index (χ3v) is 2.57. The molecule has 0 heterocycles. The Balaban J connectivity index is 2.61. The van der Waals surface area contributed by atoms with Crippen LogP contribution in [0.1, 0.15) is 0 Å². The summed E-state index contributed by atoms with van der Waals surface area (Å²) in [6, 6.07) is 4.76. The third-order valence-electron chi connectivity index (χ3n) is 1.57. The lowest BCUT2D eigenvalue weighted by atomic mass is 10.3. The second-order valence-corrected chi connectivity index (χ2v) is 3.88. The van der Waals surface area contributed by atoms with Gasteiger partial charge in [0.1, 0.15) is 5.82 Å². The summed E-state index contributed by atoms with van der Waals surface area (Å²) in [5, 5.41) is 3.23. The minimum absolute atomic E-state index is 0.170. The highest BCUT2D eigenvalue weighted by Crippen LogP contribution is 2.24. The van der Waals surface area contributed by atoms with Crippen LogP contribution in [0.4, 0.5) is 10.1 Å². The SMILES string of the molecule is CSCCNc1cccc(F)c1Cl. The fraction of sp³-hybridized carbons (Fsp3) is 0.333. The number of hydrogen-bond acceptors (Lipinski definition) is 2. The Bertz CT molecular complexity index is 280. The van der Waals surface area contributed by atoms with Crippen molar-refractivity contribution in [1.82, 2.24) is 0 Å². The van der Waals surface area contributed by atoms with Crippen molar-refractivity contribution in [3.8, 4) is 0 Å². The van der Waals surface area contributed by atoms with Crippen LogP contribution in [0.2, 0.25) is 5.02 Å². The first kappa shape index (κ1) is 10.7. The van der Waals surface area contributed by atoms with Gasteiger partial charge in [0.25, 0.3) is 0 Å². The molecule has 72 valence electrons. The summed E-state index contributed by atoms with van der Waals surface area (Å²) in [5.41, 5.74) is 0.663. The van der Waals surface area contributed by atoms with E-state index in [9.17, 15) is 4.39 Å². The van der Waals surface area contributed by atoms with E-state index < -0.39 is 0 Å². The number of thioether (sulfide) groups is 1. The standard InChI is InChI=1S/C9H11ClFNS/c1-13-6-5-12-8-4-2-3-7(11)9(8)10/h2-4,12H,5-6H2,1H3. The van der Waals surface area contributed by atoms with Crippen molar-refractivity contribution in [3.63, 3.8) is 0 Å². The van der Waals surface area contributed by atoms with E-state index in [1.807, 2.05) is 6.26 Å². The van der Waals surface area contributed by atoms with Crippen molar-refractivity contribution >= 4 is 29.1 Å². The lowest BCUT2D eigenvalue weighted by Crippen LogP contribution is -2.04. The van der Waals surface area contributed by atoms with Crippen LogP contribution in [0.15, 0.2) is 18.2 Å². The average Bonchev–Trinajstić information content (AvgIpc) is 2.13. The van der Waals surface area contributed by atoms with Crippen LogP contribution in [0.3, 0.4) is 0 Å². The van der Waals surface area contributed by atoms with Gasteiger partial charge >= 0.3 is 0 Å². The molecule has 0 radical (unpaired) electrons. The molecular weight excluding hydrogens is 209 g/mol. The summed E-state index contributed by atoms with van der Waals surface area (Å²) < 4.78 is 12.9. The molecule has 0 aliphatic rings. The Kier molecular flexibility index (Phi) is 4.39. The number of anilines is 1. The second kappa shape index (κ2) is 5.35. The maximum atomic E-state index is 12.9. The summed E-state index contributed by atoms with van der Waals surface area (Å²) >= 11 is 7.46. The van der Waals surface area contributed by atoms with E-state index in [-0.39, 0.29) is 10.8 Å². The van der Waals surface area contributed by atoms with E-state index in [2.05, 4.69) is 5.32 Å². The van der Waals surface area contributed by atoms with Gasteiger partial charge in [0.2, 0.25) is 0 Å². The van der Waals surface area contributed by atoms with Gasteiger partial charge in [-0.1, -0.05) is 17.7 Å². The monoisotopic (exact) mass is 219 g/mol. The molecule has 13 heavy (non-hydrogen) atoms. The molecule has 1 aromatic carbocycles.